The summed E-state index contributed by atoms with van der Waals surface area (Å²) in [5.74, 6) is 1.67. The van der Waals surface area contributed by atoms with Crippen LogP contribution in [-0.4, -0.2) is 57.8 Å². The number of methoxy groups -OCH3 is 3. The molecule has 3 rings (SSSR count). The Morgan fingerprint density at radius 3 is 2.29 bits per heavy atom. The van der Waals surface area contributed by atoms with Crippen molar-refractivity contribution in [3.63, 3.8) is 0 Å². The smallest absolute Gasteiger partial charge is 0.321 e. The number of anilines is 1. The minimum atomic E-state index is -0.202. The van der Waals surface area contributed by atoms with E-state index >= 15 is 0 Å². The van der Waals surface area contributed by atoms with Crippen molar-refractivity contribution in [3.8, 4) is 17.2 Å². The van der Waals surface area contributed by atoms with Gasteiger partial charge >= 0.3 is 6.03 Å². The van der Waals surface area contributed by atoms with Crippen LogP contribution in [0.2, 0.25) is 0 Å². The molecule has 0 unspecified atom stereocenters. The zero-order chi connectivity index (χ0) is 22.2. The average Bonchev–Trinajstić information content (AvgIpc) is 2.82. The number of carbonyl (C=O) groups is 2. The van der Waals surface area contributed by atoms with E-state index in [4.69, 9.17) is 14.2 Å². The summed E-state index contributed by atoms with van der Waals surface area (Å²) in [4.78, 5) is 27.0. The predicted octanol–water partition coefficient (Wildman–Crippen LogP) is 3.39. The molecule has 1 aliphatic heterocycles. The molecule has 0 atom stereocenters. The first-order chi connectivity index (χ1) is 15.1. The van der Waals surface area contributed by atoms with E-state index in [0.29, 0.717) is 54.1 Å². The summed E-state index contributed by atoms with van der Waals surface area (Å²) in [5, 5.41) is 5.89. The Morgan fingerprint density at radius 1 is 0.935 bits per heavy atom. The summed E-state index contributed by atoms with van der Waals surface area (Å²) in [5.41, 5.74) is 1.09. The number of nitrogens with zero attached hydrogens (tertiary/aromatic N) is 1. The first-order valence-corrected chi connectivity index (χ1v) is 10.3. The SMILES string of the molecule is COc1ccccc1NC(=O)N1CCC(CNC(=O)c2cccc(OC)c2OC)CC1. The summed E-state index contributed by atoms with van der Waals surface area (Å²) in [7, 11) is 4.63. The second kappa shape index (κ2) is 10.6. The number of likely N-dealkylation sites (tertiary alicyclic amines) is 1. The van der Waals surface area contributed by atoms with Gasteiger partial charge in [-0.15, -0.1) is 0 Å². The average molecular weight is 428 g/mol. The highest BCUT2D eigenvalue weighted by molar-refractivity contribution is 5.97. The van der Waals surface area contributed by atoms with Gasteiger partial charge < -0.3 is 29.7 Å². The molecule has 3 amide bonds. The van der Waals surface area contributed by atoms with Crippen LogP contribution in [0.3, 0.4) is 0 Å². The maximum Gasteiger partial charge on any atom is 0.321 e. The van der Waals surface area contributed by atoms with E-state index in [1.165, 1.54) is 14.2 Å². The number of carbonyl (C=O) groups excluding carboxylic acids is 2. The topological polar surface area (TPSA) is 89.1 Å². The third kappa shape index (κ3) is 5.39. The maximum atomic E-state index is 12.6. The molecule has 2 aromatic rings. The first kappa shape index (κ1) is 22.3. The molecule has 31 heavy (non-hydrogen) atoms. The van der Waals surface area contributed by atoms with Gasteiger partial charge in [0.2, 0.25) is 0 Å². The van der Waals surface area contributed by atoms with E-state index in [0.717, 1.165) is 12.8 Å². The van der Waals surface area contributed by atoms with Crippen LogP contribution in [0.4, 0.5) is 10.5 Å². The molecule has 1 saturated heterocycles. The molecule has 0 radical (unpaired) electrons. The predicted molar refractivity (Wildman–Crippen MR) is 118 cm³/mol. The number of amides is 3. The van der Waals surface area contributed by atoms with Gasteiger partial charge in [0.1, 0.15) is 5.75 Å². The molecule has 0 spiro atoms. The van der Waals surface area contributed by atoms with Crippen LogP contribution in [-0.2, 0) is 0 Å². The molecule has 8 nitrogen and oxygen atoms in total. The van der Waals surface area contributed by atoms with E-state index in [9.17, 15) is 9.59 Å². The largest absolute Gasteiger partial charge is 0.495 e. The van der Waals surface area contributed by atoms with Crippen molar-refractivity contribution in [2.75, 3.05) is 46.3 Å². The fourth-order valence-electron chi connectivity index (χ4n) is 3.68. The highest BCUT2D eigenvalue weighted by Crippen LogP contribution is 2.30. The number of benzene rings is 2. The lowest BCUT2D eigenvalue weighted by atomic mass is 9.97. The standard InChI is InChI=1S/C23H29N3O5/c1-29-19-9-5-4-8-18(19)25-23(28)26-13-11-16(12-14-26)15-24-22(27)17-7-6-10-20(30-2)21(17)31-3/h4-10,16H,11-15H2,1-3H3,(H,24,27)(H,25,28). The summed E-state index contributed by atoms with van der Waals surface area (Å²) in [6.07, 6.45) is 1.63. The van der Waals surface area contributed by atoms with Gasteiger partial charge in [-0.3, -0.25) is 4.79 Å². The van der Waals surface area contributed by atoms with Crippen LogP contribution in [0.25, 0.3) is 0 Å². The highest BCUT2D eigenvalue weighted by atomic mass is 16.5. The molecule has 0 saturated carbocycles. The van der Waals surface area contributed by atoms with Crippen LogP contribution in [0.5, 0.6) is 17.2 Å². The number of urea groups is 1. The number of rotatable bonds is 7. The number of hydrogen-bond acceptors (Lipinski definition) is 5. The maximum absolute atomic E-state index is 12.6. The molecular formula is C23H29N3O5. The van der Waals surface area contributed by atoms with E-state index in [2.05, 4.69) is 10.6 Å². The Balaban J connectivity index is 1.49. The summed E-state index contributed by atoms with van der Waals surface area (Å²) < 4.78 is 15.9. The van der Waals surface area contributed by atoms with E-state index in [1.807, 2.05) is 24.3 Å². The molecule has 1 aliphatic rings. The fraction of sp³-hybridized carbons (Fsp3) is 0.391. The quantitative estimate of drug-likeness (QED) is 0.707. The van der Waals surface area contributed by atoms with E-state index in [1.54, 1.807) is 30.2 Å². The second-order valence-electron chi connectivity index (χ2n) is 7.31. The molecular weight excluding hydrogens is 398 g/mol. The van der Waals surface area contributed by atoms with E-state index < -0.39 is 0 Å². The van der Waals surface area contributed by atoms with Gasteiger partial charge in [0.15, 0.2) is 11.5 Å². The third-order valence-electron chi connectivity index (χ3n) is 5.45. The summed E-state index contributed by atoms with van der Waals surface area (Å²) in [6, 6.07) is 12.4. The second-order valence-corrected chi connectivity index (χ2v) is 7.31. The zero-order valence-corrected chi connectivity index (χ0v) is 18.1. The monoisotopic (exact) mass is 427 g/mol. The number of para-hydroxylation sites is 3. The number of nitrogens with one attached hydrogen (secondary N) is 2. The van der Waals surface area contributed by atoms with E-state index in [-0.39, 0.29) is 11.9 Å². The summed E-state index contributed by atoms with van der Waals surface area (Å²) >= 11 is 0. The molecule has 2 aromatic carbocycles. The van der Waals surface area contributed by atoms with Crippen molar-refractivity contribution in [3.05, 3.63) is 48.0 Å². The van der Waals surface area contributed by atoms with Crippen LogP contribution < -0.4 is 24.8 Å². The molecule has 0 bridgehead atoms. The molecule has 1 heterocycles. The molecule has 166 valence electrons. The van der Waals surface area contributed by atoms with Gasteiger partial charge in [-0.1, -0.05) is 18.2 Å². The Kier molecular flexibility index (Phi) is 7.59. The fourth-order valence-corrected chi connectivity index (χ4v) is 3.68. The van der Waals surface area contributed by atoms with Crippen molar-refractivity contribution < 1.29 is 23.8 Å². The Hall–Kier alpha value is -3.42. The number of piperidine rings is 1. The van der Waals surface area contributed by atoms with Crippen LogP contribution in [0.15, 0.2) is 42.5 Å². The minimum absolute atomic E-state index is 0.145. The lowest BCUT2D eigenvalue weighted by Crippen LogP contribution is -2.43. The van der Waals surface area contributed by atoms with Crippen LogP contribution in [0.1, 0.15) is 23.2 Å². The Morgan fingerprint density at radius 2 is 1.61 bits per heavy atom. The Bertz CT molecular complexity index is 910. The van der Waals surface area contributed by atoms with Crippen molar-refractivity contribution >= 4 is 17.6 Å². The Labute approximate surface area is 182 Å². The normalized spacial score (nSPS) is 14.0. The van der Waals surface area contributed by atoms with Gasteiger partial charge in [0, 0.05) is 19.6 Å². The molecule has 2 N–H and O–H groups in total. The first-order valence-electron chi connectivity index (χ1n) is 10.3. The number of hydrogen-bond donors (Lipinski definition) is 2. The van der Waals surface area contributed by atoms with Crippen molar-refractivity contribution in [2.45, 2.75) is 12.8 Å². The van der Waals surface area contributed by atoms with Gasteiger partial charge in [-0.2, -0.15) is 0 Å². The van der Waals surface area contributed by atoms with Gasteiger partial charge in [-0.05, 0) is 43.0 Å². The summed E-state index contributed by atoms with van der Waals surface area (Å²) in [6.45, 7) is 1.80. The van der Waals surface area contributed by atoms with Gasteiger partial charge in [0.05, 0.1) is 32.6 Å². The van der Waals surface area contributed by atoms with Gasteiger partial charge in [0.25, 0.3) is 5.91 Å². The molecule has 1 fully saturated rings. The third-order valence-corrected chi connectivity index (χ3v) is 5.45. The van der Waals surface area contributed by atoms with Crippen molar-refractivity contribution in [1.82, 2.24) is 10.2 Å². The minimum Gasteiger partial charge on any atom is -0.495 e. The number of ether oxygens (including phenoxy) is 3. The highest BCUT2D eigenvalue weighted by Gasteiger charge is 2.24. The van der Waals surface area contributed by atoms with Crippen molar-refractivity contribution in [2.24, 2.45) is 5.92 Å². The lowest BCUT2D eigenvalue weighted by molar-refractivity contribution is 0.0935. The zero-order valence-electron chi connectivity index (χ0n) is 18.1. The lowest BCUT2D eigenvalue weighted by Gasteiger charge is -2.32. The van der Waals surface area contributed by atoms with Crippen LogP contribution in [0, 0.1) is 5.92 Å². The van der Waals surface area contributed by atoms with Crippen molar-refractivity contribution in [1.29, 1.82) is 0 Å². The van der Waals surface area contributed by atoms with Gasteiger partial charge in [-0.25, -0.2) is 4.79 Å². The van der Waals surface area contributed by atoms with Crippen LogP contribution >= 0.6 is 0 Å². The molecule has 0 aromatic heterocycles. The molecule has 0 aliphatic carbocycles. The molecule has 8 heteroatoms.